The Hall–Kier alpha value is -1.29. The molecule has 104 valence electrons. The van der Waals surface area contributed by atoms with Gasteiger partial charge in [0.15, 0.2) is 5.89 Å². The Morgan fingerprint density at radius 1 is 1.63 bits per heavy atom. The van der Waals surface area contributed by atoms with E-state index in [9.17, 15) is 4.79 Å². The average Bonchev–Trinajstić information content (AvgIpc) is 3.13. The van der Waals surface area contributed by atoms with Crippen LogP contribution in [-0.2, 0) is 11.3 Å². The van der Waals surface area contributed by atoms with E-state index in [0.717, 1.165) is 36.5 Å². The number of aromatic nitrogens is 1. The van der Waals surface area contributed by atoms with Gasteiger partial charge in [0.25, 0.3) is 0 Å². The Kier molecular flexibility index (Phi) is 4.64. The highest BCUT2D eigenvalue weighted by atomic mass is 35.5. The van der Waals surface area contributed by atoms with Gasteiger partial charge in [-0.2, -0.15) is 0 Å². The fraction of sp³-hybridized carbons (Fsp3) is 0.571. The van der Waals surface area contributed by atoms with Crippen LogP contribution < -0.4 is 0 Å². The molecular formula is C14H19ClN2O2. The van der Waals surface area contributed by atoms with Crippen LogP contribution in [0.2, 0.25) is 0 Å². The van der Waals surface area contributed by atoms with Crippen LogP contribution in [0.4, 0.5) is 0 Å². The first-order chi connectivity index (χ1) is 9.10. The van der Waals surface area contributed by atoms with Crippen molar-refractivity contribution in [2.24, 2.45) is 0 Å². The summed E-state index contributed by atoms with van der Waals surface area (Å²) in [7, 11) is 0. The zero-order valence-corrected chi connectivity index (χ0v) is 11.9. The molecule has 1 aliphatic rings. The van der Waals surface area contributed by atoms with Crippen LogP contribution in [0.5, 0.6) is 0 Å². The summed E-state index contributed by atoms with van der Waals surface area (Å²) in [6.07, 6.45) is 4.79. The standard InChI is InChI=1S/C14H19ClN2O2/c1-10(2)5-6-17(13(18)7-15)9-12-8-16-14(19-12)11-3-4-11/h8,11H,1,3-7,9H2,2H3. The monoisotopic (exact) mass is 282 g/mol. The van der Waals surface area contributed by atoms with Crippen molar-refractivity contribution in [1.82, 2.24) is 9.88 Å². The molecule has 0 saturated heterocycles. The summed E-state index contributed by atoms with van der Waals surface area (Å²) >= 11 is 5.63. The number of rotatable bonds is 7. The predicted octanol–water partition coefficient (Wildman–Crippen LogP) is 3.09. The fourth-order valence-corrected chi connectivity index (χ4v) is 1.97. The molecule has 0 N–H and O–H groups in total. The lowest BCUT2D eigenvalue weighted by Crippen LogP contribution is -2.32. The first-order valence-corrected chi connectivity index (χ1v) is 7.06. The summed E-state index contributed by atoms with van der Waals surface area (Å²) in [5, 5.41) is 0. The number of amides is 1. The molecule has 2 rings (SSSR count). The third kappa shape index (κ3) is 4.10. The Bertz CT molecular complexity index is 466. The normalized spacial score (nSPS) is 14.4. The van der Waals surface area contributed by atoms with E-state index in [0.29, 0.717) is 19.0 Å². The van der Waals surface area contributed by atoms with E-state index in [2.05, 4.69) is 11.6 Å². The molecule has 1 aromatic rings. The zero-order valence-electron chi connectivity index (χ0n) is 11.2. The molecule has 0 aromatic carbocycles. The second-order valence-corrected chi connectivity index (χ2v) is 5.36. The minimum absolute atomic E-state index is 0.0141. The summed E-state index contributed by atoms with van der Waals surface area (Å²) in [5.74, 6) is 1.91. The molecular weight excluding hydrogens is 264 g/mol. The Morgan fingerprint density at radius 3 is 2.95 bits per heavy atom. The van der Waals surface area contributed by atoms with Crippen LogP contribution in [0.25, 0.3) is 0 Å². The van der Waals surface area contributed by atoms with Gasteiger partial charge in [-0.25, -0.2) is 4.98 Å². The van der Waals surface area contributed by atoms with Gasteiger partial charge in [-0.05, 0) is 26.2 Å². The molecule has 0 aliphatic heterocycles. The highest BCUT2D eigenvalue weighted by molar-refractivity contribution is 6.27. The largest absolute Gasteiger partial charge is 0.444 e. The summed E-state index contributed by atoms with van der Waals surface area (Å²) in [5.41, 5.74) is 1.05. The van der Waals surface area contributed by atoms with Gasteiger partial charge in [0.05, 0.1) is 12.7 Å². The van der Waals surface area contributed by atoms with E-state index in [4.69, 9.17) is 16.0 Å². The molecule has 19 heavy (non-hydrogen) atoms. The second-order valence-electron chi connectivity index (χ2n) is 5.10. The van der Waals surface area contributed by atoms with Crippen LogP contribution in [0.15, 0.2) is 22.8 Å². The molecule has 1 saturated carbocycles. The molecule has 1 fully saturated rings. The summed E-state index contributed by atoms with van der Waals surface area (Å²) in [6, 6.07) is 0. The molecule has 1 heterocycles. The maximum absolute atomic E-state index is 11.8. The van der Waals surface area contributed by atoms with Gasteiger partial charge in [0, 0.05) is 12.5 Å². The first-order valence-electron chi connectivity index (χ1n) is 6.53. The fourth-order valence-electron chi connectivity index (χ4n) is 1.81. The number of hydrogen-bond acceptors (Lipinski definition) is 3. The van der Waals surface area contributed by atoms with Gasteiger partial charge in [0.1, 0.15) is 11.6 Å². The first kappa shape index (κ1) is 14.1. The number of halogens is 1. The number of oxazole rings is 1. The zero-order chi connectivity index (χ0) is 13.8. The van der Waals surface area contributed by atoms with Crippen LogP contribution in [0.3, 0.4) is 0 Å². The van der Waals surface area contributed by atoms with E-state index >= 15 is 0 Å². The number of carbonyl (C=O) groups excluding carboxylic acids is 1. The minimum atomic E-state index is -0.0905. The molecule has 0 unspecified atom stereocenters. The van der Waals surface area contributed by atoms with Crippen molar-refractivity contribution < 1.29 is 9.21 Å². The van der Waals surface area contributed by atoms with Crippen molar-refractivity contribution in [1.29, 1.82) is 0 Å². The van der Waals surface area contributed by atoms with Gasteiger partial charge < -0.3 is 9.32 Å². The summed E-state index contributed by atoms with van der Waals surface area (Å²) in [4.78, 5) is 17.7. The minimum Gasteiger partial charge on any atom is -0.444 e. The Balaban J connectivity index is 1.96. The van der Waals surface area contributed by atoms with Gasteiger partial charge in [-0.1, -0.05) is 5.57 Å². The lowest BCUT2D eigenvalue weighted by Gasteiger charge is -2.20. The number of alkyl halides is 1. The predicted molar refractivity (Wildman–Crippen MR) is 74.0 cm³/mol. The lowest BCUT2D eigenvalue weighted by atomic mass is 10.2. The van der Waals surface area contributed by atoms with Crippen molar-refractivity contribution in [2.45, 2.75) is 38.6 Å². The van der Waals surface area contributed by atoms with Crippen molar-refractivity contribution in [2.75, 3.05) is 12.4 Å². The third-order valence-corrected chi connectivity index (χ3v) is 3.35. The van der Waals surface area contributed by atoms with E-state index in [-0.39, 0.29) is 11.8 Å². The average molecular weight is 283 g/mol. The highest BCUT2D eigenvalue weighted by Crippen LogP contribution is 2.39. The maximum atomic E-state index is 11.8. The van der Waals surface area contributed by atoms with Gasteiger partial charge in [-0.3, -0.25) is 4.79 Å². The number of carbonyl (C=O) groups is 1. The van der Waals surface area contributed by atoms with Gasteiger partial charge >= 0.3 is 0 Å². The van der Waals surface area contributed by atoms with Crippen molar-refractivity contribution in [3.05, 3.63) is 30.0 Å². The molecule has 1 amide bonds. The summed E-state index contributed by atoms with van der Waals surface area (Å²) in [6.45, 7) is 6.84. The van der Waals surface area contributed by atoms with Crippen molar-refractivity contribution >= 4 is 17.5 Å². The Morgan fingerprint density at radius 2 is 2.37 bits per heavy atom. The molecule has 0 radical (unpaired) electrons. The molecule has 0 bridgehead atoms. The SMILES string of the molecule is C=C(C)CCN(Cc1cnc(C2CC2)o1)C(=O)CCl. The molecule has 4 nitrogen and oxygen atoms in total. The smallest absolute Gasteiger partial charge is 0.237 e. The molecule has 0 spiro atoms. The molecule has 1 aromatic heterocycles. The van der Waals surface area contributed by atoms with E-state index in [1.807, 2.05) is 6.92 Å². The number of hydrogen-bond donors (Lipinski definition) is 0. The highest BCUT2D eigenvalue weighted by Gasteiger charge is 2.28. The third-order valence-electron chi connectivity index (χ3n) is 3.12. The Labute approximate surface area is 118 Å². The van der Waals surface area contributed by atoms with Crippen LogP contribution in [0, 0.1) is 0 Å². The van der Waals surface area contributed by atoms with E-state index < -0.39 is 0 Å². The molecule has 0 atom stereocenters. The van der Waals surface area contributed by atoms with Crippen molar-refractivity contribution in [3.8, 4) is 0 Å². The van der Waals surface area contributed by atoms with E-state index in [1.165, 1.54) is 0 Å². The van der Waals surface area contributed by atoms with E-state index in [1.54, 1.807) is 11.1 Å². The number of nitrogens with zero attached hydrogens (tertiary/aromatic N) is 2. The lowest BCUT2D eigenvalue weighted by molar-refractivity contribution is -0.129. The van der Waals surface area contributed by atoms with Gasteiger partial charge in [-0.15, -0.1) is 18.2 Å². The van der Waals surface area contributed by atoms with Crippen LogP contribution in [-0.4, -0.2) is 28.2 Å². The quantitative estimate of drug-likeness (QED) is 0.570. The summed E-state index contributed by atoms with van der Waals surface area (Å²) < 4.78 is 5.67. The second kappa shape index (κ2) is 6.24. The topological polar surface area (TPSA) is 46.3 Å². The molecule has 1 aliphatic carbocycles. The van der Waals surface area contributed by atoms with Gasteiger partial charge in [0.2, 0.25) is 5.91 Å². The molecule has 5 heteroatoms. The van der Waals surface area contributed by atoms with Crippen LogP contribution in [0.1, 0.15) is 43.8 Å². The van der Waals surface area contributed by atoms with Crippen molar-refractivity contribution in [3.63, 3.8) is 0 Å². The maximum Gasteiger partial charge on any atom is 0.237 e. The van der Waals surface area contributed by atoms with Crippen LogP contribution >= 0.6 is 11.6 Å².